The van der Waals surface area contributed by atoms with Crippen LogP contribution in [0.25, 0.3) is 11.0 Å². The summed E-state index contributed by atoms with van der Waals surface area (Å²) in [5, 5.41) is 4.81. The molecule has 2 aromatic rings. The van der Waals surface area contributed by atoms with Crippen molar-refractivity contribution in [3.8, 4) is 0 Å². The van der Waals surface area contributed by atoms with E-state index in [0.29, 0.717) is 6.04 Å². The van der Waals surface area contributed by atoms with Gasteiger partial charge in [-0.05, 0) is 51.2 Å². The molecule has 1 aromatic heterocycles. The fourth-order valence-electron chi connectivity index (χ4n) is 2.75. The molecule has 1 aliphatic rings. The first kappa shape index (κ1) is 13.2. The molecule has 102 valence electrons. The minimum atomic E-state index is 0.252. The summed E-state index contributed by atoms with van der Waals surface area (Å²) in [6.07, 6.45) is 1.21. The van der Waals surface area contributed by atoms with Gasteiger partial charge in [-0.2, -0.15) is 0 Å². The Kier molecular flexibility index (Phi) is 3.65. The molecule has 19 heavy (non-hydrogen) atoms. The maximum atomic E-state index is 5.93. The molecule has 3 rings (SSSR count). The van der Waals surface area contributed by atoms with Crippen molar-refractivity contribution in [2.45, 2.75) is 25.4 Å². The first-order valence-corrected chi connectivity index (χ1v) is 7.55. The summed E-state index contributed by atoms with van der Waals surface area (Å²) in [4.78, 5) is 2.36. The SMILES string of the molecule is CC(NC1CCN(C)C1)c1cc2cc(Br)ccc2o1. The van der Waals surface area contributed by atoms with E-state index in [-0.39, 0.29) is 6.04 Å². The summed E-state index contributed by atoms with van der Waals surface area (Å²) >= 11 is 3.49. The van der Waals surface area contributed by atoms with Crippen molar-refractivity contribution in [3.05, 3.63) is 34.5 Å². The molecule has 0 saturated carbocycles. The van der Waals surface area contributed by atoms with Crippen molar-refractivity contribution in [2.75, 3.05) is 20.1 Å². The number of benzene rings is 1. The molecule has 0 amide bonds. The first-order chi connectivity index (χ1) is 9.11. The van der Waals surface area contributed by atoms with Gasteiger partial charge >= 0.3 is 0 Å². The second kappa shape index (κ2) is 5.27. The lowest BCUT2D eigenvalue weighted by Crippen LogP contribution is -2.33. The molecule has 0 bridgehead atoms. The van der Waals surface area contributed by atoms with Crippen LogP contribution >= 0.6 is 15.9 Å². The van der Waals surface area contributed by atoms with Crippen molar-refractivity contribution < 1.29 is 4.42 Å². The molecule has 1 saturated heterocycles. The highest BCUT2D eigenvalue weighted by Crippen LogP contribution is 2.27. The fourth-order valence-corrected chi connectivity index (χ4v) is 3.13. The van der Waals surface area contributed by atoms with E-state index < -0.39 is 0 Å². The van der Waals surface area contributed by atoms with Crippen molar-refractivity contribution in [1.82, 2.24) is 10.2 Å². The Morgan fingerprint density at radius 3 is 3.00 bits per heavy atom. The average molecular weight is 323 g/mol. The van der Waals surface area contributed by atoms with E-state index in [0.717, 1.165) is 27.7 Å². The predicted molar refractivity (Wildman–Crippen MR) is 81.4 cm³/mol. The molecule has 1 aliphatic heterocycles. The lowest BCUT2D eigenvalue weighted by atomic mass is 10.2. The molecule has 2 unspecified atom stereocenters. The normalized spacial score (nSPS) is 22.2. The minimum Gasteiger partial charge on any atom is -0.459 e. The number of halogens is 1. The summed E-state index contributed by atoms with van der Waals surface area (Å²) in [6, 6.07) is 9.08. The van der Waals surface area contributed by atoms with Crippen LogP contribution in [0, 0.1) is 0 Å². The number of nitrogens with one attached hydrogen (secondary N) is 1. The van der Waals surface area contributed by atoms with Gasteiger partial charge in [0.15, 0.2) is 0 Å². The summed E-state index contributed by atoms with van der Waals surface area (Å²) in [5.41, 5.74) is 0.954. The number of fused-ring (bicyclic) bond motifs is 1. The van der Waals surface area contributed by atoms with E-state index in [2.05, 4.69) is 52.3 Å². The van der Waals surface area contributed by atoms with E-state index in [1.165, 1.54) is 13.0 Å². The molecule has 1 aromatic carbocycles. The van der Waals surface area contributed by atoms with Gasteiger partial charge in [0.1, 0.15) is 11.3 Å². The van der Waals surface area contributed by atoms with Gasteiger partial charge in [-0.1, -0.05) is 15.9 Å². The van der Waals surface area contributed by atoms with Crippen LogP contribution in [0.2, 0.25) is 0 Å². The third kappa shape index (κ3) is 2.86. The smallest absolute Gasteiger partial charge is 0.134 e. The van der Waals surface area contributed by atoms with Gasteiger partial charge in [-0.25, -0.2) is 0 Å². The van der Waals surface area contributed by atoms with Crippen LogP contribution in [0.3, 0.4) is 0 Å². The summed E-state index contributed by atoms with van der Waals surface area (Å²) in [7, 11) is 2.17. The molecule has 4 heteroatoms. The number of nitrogens with zero attached hydrogens (tertiary/aromatic N) is 1. The highest BCUT2D eigenvalue weighted by molar-refractivity contribution is 9.10. The molecule has 0 aliphatic carbocycles. The van der Waals surface area contributed by atoms with Crippen LogP contribution in [0.1, 0.15) is 25.1 Å². The lowest BCUT2D eigenvalue weighted by Gasteiger charge is -2.17. The highest BCUT2D eigenvalue weighted by atomic mass is 79.9. The number of hydrogen-bond donors (Lipinski definition) is 1. The number of rotatable bonds is 3. The standard InChI is InChI=1S/C15H19BrN2O/c1-10(17-13-5-6-18(2)9-13)15-8-11-7-12(16)3-4-14(11)19-15/h3-4,7-8,10,13,17H,5-6,9H2,1-2H3. The molecule has 2 atom stereocenters. The van der Waals surface area contributed by atoms with Gasteiger partial charge < -0.3 is 14.6 Å². The molecule has 0 spiro atoms. The Hall–Kier alpha value is -0.840. The van der Waals surface area contributed by atoms with Gasteiger partial charge in [-0.3, -0.25) is 0 Å². The molecule has 1 N–H and O–H groups in total. The average Bonchev–Trinajstić information content (AvgIpc) is 2.95. The van der Waals surface area contributed by atoms with Crippen molar-refractivity contribution in [3.63, 3.8) is 0 Å². The largest absolute Gasteiger partial charge is 0.459 e. The zero-order valence-corrected chi connectivity index (χ0v) is 12.9. The summed E-state index contributed by atoms with van der Waals surface area (Å²) in [5.74, 6) is 1.02. The van der Waals surface area contributed by atoms with Gasteiger partial charge in [0.25, 0.3) is 0 Å². The maximum Gasteiger partial charge on any atom is 0.134 e. The summed E-state index contributed by atoms with van der Waals surface area (Å²) in [6.45, 7) is 4.47. The molecule has 3 nitrogen and oxygen atoms in total. The van der Waals surface area contributed by atoms with Gasteiger partial charge in [-0.15, -0.1) is 0 Å². The highest BCUT2D eigenvalue weighted by Gasteiger charge is 2.22. The third-order valence-electron chi connectivity index (χ3n) is 3.80. The van der Waals surface area contributed by atoms with Crippen molar-refractivity contribution >= 4 is 26.9 Å². The lowest BCUT2D eigenvalue weighted by molar-refractivity contribution is 0.370. The topological polar surface area (TPSA) is 28.4 Å². The Morgan fingerprint density at radius 1 is 1.42 bits per heavy atom. The quantitative estimate of drug-likeness (QED) is 0.936. The Balaban J connectivity index is 1.75. The predicted octanol–water partition coefficient (Wildman–Crippen LogP) is 3.55. The van der Waals surface area contributed by atoms with Crippen LogP contribution < -0.4 is 5.32 Å². The van der Waals surface area contributed by atoms with Crippen LogP contribution in [-0.4, -0.2) is 31.1 Å². The third-order valence-corrected chi connectivity index (χ3v) is 4.29. The maximum absolute atomic E-state index is 5.93. The van der Waals surface area contributed by atoms with Crippen LogP contribution in [0.15, 0.2) is 33.2 Å². The number of likely N-dealkylation sites (N-methyl/N-ethyl adjacent to an activating group) is 1. The summed E-state index contributed by atoms with van der Waals surface area (Å²) < 4.78 is 7.01. The van der Waals surface area contributed by atoms with Gasteiger partial charge in [0.2, 0.25) is 0 Å². The number of likely N-dealkylation sites (tertiary alicyclic amines) is 1. The fraction of sp³-hybridized carbons (Fsp3) is 0.467. The van der Waals surface area contributed by atoms with E-state index in [4.69, 9.17) is 4.42 Å². The molecular weight excluding hydrogens is 304 g/mol. The minimum absolute atomic E-state index is 0.252. The van der Waals surface area contributed by atoms with Crippen LogP contribution in [-0.2, 0) is 0 Å². The number of hydrogen-bond acceptors (Lipinski definition) is 3. The van der Waals surface area contributed by atoms with E-state index in [9.17, 15) is 0 Å². The Bertz CT molecular complexity index is 581. The number of furan rings is 1. The molecular formula is C15H19BrN2O. The van der Waals surface area contributed by atoms with Gasteiger partial charge in [0, 0.05) is 22.4 Å². The Morgan fingerprint density at radius 2 is 2.26 bits per heavy atom. The van der Waals surface area contributed by atoms with Crippen molar-refractivity contribution in [1.29, 1.82) is 0 Å². The van der Waals surface area contributed by atoms with E-state index >= 15 is 0 Å². The van der Waals surface area contributed by atoms with Crippen LogP contribution in [0.4, 0.5) is 0 Å². The van der Waals surface area contributed by atoms with E-state index in [1.54, 1.807) is 0 Å². The monoisotopic (exact) mass is 322 g/mol. The first-order valence-electron chi connectivity index (χ1n) is 6.75. The van der Waals surface area contributed by atoms with Crippen molar-refractivity contribution in [2.24, 2.45) is 0 Å². The van der Waals surface area contributed by atoms with E-state index in [1.807, 2.05) is 12.1 Å². The molecule has 1 fully saturated rings. The second-order valence-electron chi connectivity index (χ2n) is 5.47. The van der Waals surface area contributed by atoms with Gasteiger partial charge in [0.05, 0.1) is 6.04 Å². The molecule has 0 radical (unpaired) electrons. The Labute approximate surface area is 122 Å². The zero-order chi connectivity index (χ0) is 13.4. The van der Waals surface area contributed by atoms with Crippen LogP contribution in [0.5, 0.6) is 0 Å². The second-order valence-corrected chi connectivity index (χ2v) is 6.38. The zero-order valence-electron chi connectivity index (χ0n) is 11.3. The molecule has 2 heterocycles.